The Kier molecular flexibility index (Phi) is 8.10. The maximum Gasteiger partial charge on any atom is 0.328 e. The van der Waals surface area contributed by atoms with Gasteiger partial charge in [0.1, 0.15) is 0 Å². The maximum absolute atomic E-state index is 11.5. The largest absolute Gasteiger partial charge is 0.478 e. The van der Waals surface area contributed by atoms with Crippen molar-refractivity contribution in [2.45, 2.75) is 0 Å². The molecule has 92 valence electrons. The van der Waals surface area contributed by atoms with E-state index in [1.165, 1.54) is 19.1 Å². The molecule has 6 nitrogen and oxygen atoms in total. The fourth-order valence-electron chi connectivity index (χ4n) is 0.983. The third-order valence-electron chi connectivity index (χ3n) is 1.81. The second-order valence-electron chi connectivity index (χ2n) is 2.98. The van der Waals surface area contributed by atoms with Crippen LogP contribution in [-0.2, 0) is 19.1 Å². The van der Waals surface area contributed by atoms with Gasteiger partial charge in [0.15, 0.2) is 0 Å². The number of carboxylic acid groups (broad SMARTS) is 1. The van der Waals surface area contributed by atoms with Crippen molar-refractivity contribution in [2.75, 3.05) is 40.5 Å². The van der Waals surface area contributed by atoms with Gasteiger partial charge in [-0.3, -0.25) is 4.79 Å². The molecule has 1 N–H and O–H groups in total. The second-order valence-corrected chi connectivity index (χ2v) is 2.98. The van der Waals surface area contributed by atoms with Gasteiger partial charge in [0.05, 0.1) is 13.2 Å². The molecule has 1 amide bonds. The van der Waals surface area contributed by atoms with Gasteiger partial charge in [-0.1, -0.05) is 0 Å². The number of hydrogen-bond acceptors (Lipinski definition) is 4. The summed E-state index contributed by atoms with van der Waals surface area (Å²) in [5.74, 6) is -1.51. The van der Waals surface area contributed by atoms with Gasteiger partial charge in [0.25, 0.3) is 0 Å². The third-order valence-corrected chi connectivity index (χ3v) is 1.81. The summed E-state index contributed by atoms with van der Waals surface area (Å²) in [6, 6.07) is 0. The summed E-state index contributed by atoms with van der Waals surface area (Å²) in [6.07, 6.45) is 1.84. The lowest BCUT2D eigenvalue weighted by Crippen LogP contribution is -2.35. The van der Waals surface area contributed by atoms with E-state index in [0.29, 0.717) is 26.3 Å². The molecule has 0 aliphatic rings. The van der Waals surface area contributed by atoms with Gasteiger partial charge in [-0.25, -0.2) is 4.79 Å². The molecule has 0 aromatic carbocycles. The molecule has 0 aromatic rings. The summed E-state index contributed by atoms with van der Waals surface area (Å²) in [5, 5.41) is 8.39. The first-order valence-electron chi connectivity index (χ1n) is 4.79. The minimum Gasteiger partial charge on any atom is -0.478 e. The molecule has 0 fully saturated rings. The number of hydrogen-bond donors (Lipinski definition) is 1. The predicted molar refractivity (Wildman–Crippen MR) is 57.1 cm³/mol. The normalized spacial score (nSPS) is 10.6. The van der Waals surface area contributed by atoms with Crippen molar-refractivity contribution in [1.29, 1.82) is 0 Å². The fourth-order valence-corrected chi connectivity index (χ4v) is 0.983. The third kappa shape index (κ3) is 6.97. The van der Waals surface area contributed by atoms with Crippen LogP contribution in [0.25, 0.3) is 0 Å². The quantitative estimate of drug-likeness (QED) is 0.583. The molecule has 6 heteroatoms. The molecular formula is C10H17NO5. The number of methoxy groups -OCH3 is 2. The maximum atomic E-state index is 11.5. The molecular weight excluding hydrogens is 214 g/mol. The van der Waals surface area contributed by atoms with Gasteiger partial charge >= 0.3 is 5.97 Å². The number of ether oxygens (including phenoxy) is 2. The molecule has 0 saturated heterocycles. The number of amides is 1. The zero-order valence-corrected chi connectivity index (χ0v) is 9.51. The molecule has 0 aliphatic carbocycles. The first-order valence-corrected chi connectivity index (χ1v) is 4.79. The van der Waals surface area contributed by atoms with Gasteiger partial charge in [0.2, 0.25) is 5.91 Å². The molecule has 0 radical (unpaired) electrons. The molecule has 0 aromatic heterocycles. The van der Waals surface area contributed by atoms with E-state index >= 15 is 0 Å². The highest BCUT2D eigenvalue weighted by atomic mass is 16.5. The lowest BCUT2D eigenvalue weighted by molar-refractivity contribution is -0.132. The van der Waals surface area contributed by atoms with E-state index in [9.17, 15) is 9.59 Å². The van der Waals surface area contributed by atoms with Gasteiger partial charge in [0, 0.05) is 39.5 Å². The summed E-state index contributed by atoms with van der Waals surface area (Å²) in [6.45, 7) is 1.61. The van der Waals surface area contributed by atoms with E-state index < -0.39 is 5.97 Å². The smallest absolute Gasteiger partial charge is 0.328 e. The van der Waals surface area contributed by atoms with Crippen molar-refractivity contribution in [3.63, 3.8) is 0 Å². The average molecular weight is 231 g/mol. The topological polar surface area (TPSA) is 76.1 Å². The number of aliphatic carboxylic acids is 1. The van der Waals surface area contributed by atoms with Crippen LogP contribution >= 0.6 is 0 Å². The summed E-state index contributed by atoms with van der Waals surface area (Å²) < 4.78 is 9.71. The monoisotopic (exact) mass is 231 g/mol. The molecule has 0 heterocycles. The number of rotatable bonds is 8. The zero-order valence-electron chi connectivity index (χ0n) is 9.51. The molecule has 0 spiro atoms. The summed E-state index contributed by atoms with van der Waals surface area (Å²) in [4.78, 5) is 23.2. The van der Waals surface area contributed by atoms with Crippen molar-refractivity contribution in [2.24, 2.45) is 0 Å². The predicted octanol–water partition coefficient (Wildman–Crippen LogP) is -0.251. The van der Waals surface area contributed by atoms with Crippen LogP contribution in [0.4, 0.5) is 0 Å². The molecule has 0 bridgehead atoms. The summed E-state index contributed by atoms with van der Waals surface area (Å²) in [7, 11) is 3.07. The Hall–Kier alpha value is -1.40. The van der Waals surface area contributed by atoms with E-state index in [1.54, 1.807) is 0 Å². The van der Waals surface area contributed by atoms with Crippen molar-refractivity contribution >= 4 is 11.9 Å². The highest BCUT2D eigenvalue weighted by Crippen LogP contribution is 1.93. The minimum atomic E-state index is -1.15. The Morgan fingerprint density at radius 3 is 2.00 bits per heavy atom. The molecule has 0 rings (SSSR count). The number of carbonyl (C=O) groups is 2. The highest BCUT2D eigenvalue weighted by Gasteiger charge is 2.09. The first kappa shape index (κ1) is 14.6. The molecule has 0 unspecified atom stereocenters. The van der Waals surface area contributed by atoms with Crippen LogP contribution in [0.15, 0.2) is 12.2 Å². The minimum absolute atomic E-state index is 0.364. The first-order chi connectivity index (χ1) is 7.61. The highest BCUT2D eigenvalue weighted by molar-refractivity contribution is 5.93. The Labute approximate surface area is 94.4 Å². The summed E-state index contributed by atoms with van der Waals surface area (Å²) in [5.41, 5.74) is 0. The zero-order chi connectivity index (χ0) is 12.4. The van der Waals surface area contributed by atoms with Crippen LogP contribution in [0.3, 0.4) is 0 Å². The SMILES string of the molecule is COCCN(CCOC)C(=O)/C=C/C(=O)O. The van der Waals surface area contributed by atoms with E-state index in [2.05, 4.69) is 0 Å². The van der Waals surface area contributed by atoms with Crippen molar-refractivity contribution < 1.29 is 24.2 Å². The van der Waals surface area contributed by atoms with Crippen LogP contribution in [0, 0.1) is 0 Å². The van der Waals surface area contributed by atoms with Crippen LogP contribution < -0.4 is 0 Å². The molecule has 0 atom stereocenters. The number of nitrogens with zero attached hydrogens (tertiary/aromatic N) is 1. The second kappa shape index (κ2) is 8.87. The van der Waals surface area contributed by atoms with Crippen LogP contribution in [0.1, 0.15) is 0 Å². The van der Waals surface area contributed by atoms with Gasteiger partial charge < -0.3 is 19.5 Å². The Bertz CT molecular complexity index is 244. The van der Waals surface area contributed by atoms with E-state index in [4.69, 9.17) is 14.6 Å². The van der Waals surface area contributed by atoms with Crippen LogP contribution in [0.2, 0.25) is 0 Å². The summed E-state index contributed by atoms with van der Waals surface area (Å²) >= 11 is 0. The number of carbonyl (C=O) groups excluding carboxylic acids is 1. The molecule has 0 saturated carbocycles. The van der Waals surface area contributed by atoms with Crippen LogP contribution in [-0.4, -0.2) is 62.4 Å². The fraction of sp³-hybridized carbons (Fsp3) is 0.600. The van der Waals surface area contributed by atoms with Gasteiger partial charge in [-0.05, 0) is 0 Å². The Balaban J connectivity index is 4.24. The Morgan fingerprint density at radius 1 is 1.12 bits per heavy atom. The van der Waals surface area contributed by atoms with Crippen molar-refractivity contribution in [3.05, 3.63) is 12.2 Å². The van der Waals surface area contributed by atoms with Crippen LogP contribution in [0.5, 0.6) is 0 Å². The molecule has 0 aliphatic heterocycles. The van der Waals surface area contributed by atoms with Crippen molar-refractivity contribution in [1.82, 2.24) is 4.90 Å². The lowest BCUT2D eigenvalue weighted by atomic mass is 10.4. The van der Waals surface area contributed by atoms with E-state index in [-0.39, 0.29) is 5.91 Å². The van der Waals surface area contributed by atoms with E-state index in [0.717, 1.165) is 12.2 Å². The Morgan fingerprint density at radius 2 is 1.62 bits per heavy atom. The van der Waals surface area contributed by atoms with E-state index in [1.807, 2.05) is 0 Å². The average Bonchev–Trinajstić information content (AvgIpc) is 2.26. The standard InChI is InChI=1S/C10H17NO5/c1-15-7-5-11(6-8-16-2)9(12)3-4-10(13)14/h3-4H,5-8H2,1-2H3,(H,13,14)/b4-3+. The lowest BCUT2D eigenvalue weighted by Gasteiger charge is -2.20. The number of carboxylic acids is 1. The van der Waals surface area contributed by atoms with Gasteiger partial charge in [-0.15, -0.1) is 0 Å². The molecule has 16 heavy (non-hydrogen) atoms. The van der Waals surface area contributed by atoms with Crippen molar-refractivity contribution in [3.8, 4) is 0 Å². The van der Waals surface area contributed by atoms with Gasteiger partial charge in [-0.2, -0.15) is 0 Å².